The number of aliphatic hydroxyl groups is 1. The Labute approximate surface area is 81.4 Å². The van der Waals surface area contributed by atoms with Crippen LogP contribution in [-0.2, 0) is 6.04 Å². The van der Waals surface area contributed by atoms with E-state index in [1.165, 1.54) is 11.6 Å². The molecule has 0 aliphatic carbocycles. The Kier molecular flexibility index (Phi) is 3.69. The van der Waals surface area contributed by atoms with Crippen LogP contribution in [0.1, 0.15) is 5.56 Å². The monoisotopic (exact) mass is 194 g/mol. The summed E-state index contributed by atoms with van der Waals surface area (Å²) < 4.78 is 0. The molecule has 1 nitrogen and oxygen atoms in total. The van der Waals surface area contributed by atoms with Crippen LogP contribution in [0.25, 0.3) is 0 Å². The van der Waals surface area contributed by atoms with Gasteiger partial charge in [-0.1, -0.05) is 49.0 Å². The van der Waals surface area contributed by atoms with Crippen LogP contribution in [0.5, 0.6) is 0 Å². The molecule has 0 saturated carbocycles. The molecule has 0 heterocycles. The van der Waals surface area contributed by atoms with Crippen molar-refractivity contribution in [2.45, 2.75) is 25.2 Å². The van der Waals surface area contributed by atoms with Crippen molar-refractivity contribution >= 4 is 8.07 Å². The molecular formula is C11H18OSi. The molecule has 0 atom stereocenters. The Morgan fingerprint density at radius 1 is 1.15 bits per heavy atom. The summed E-state index contributed by atoms with van der Waals surface area (Å²) in [6, 6.07) is 12.7. The minimum Gasteiger partial charge on any atom is -0.397 e. The zero-order valence-electron chi connectivity index (χ0n) is 8.46. The van der Waals surface area contributed by atoms with Crippen molar-refractivity contribution in [1.29, 1.82) is 0 Å². The van der Waals surface area contributed by atoms with E-state index in [2.05, 4.69) is 37.4 Å². The van der Waals surface area contributed by atoms with Gasteiger partial charge in [-0.2, -0.15) is 0 Å². The van der Waals surface area contributed by atoms with Crippen molar-refractivity contribution in [2.24, 2.45) is 0 Å². The summed E-state index contributed by atoms with van der Waals surface area (Å²) in [4.78, 5) is 0. The van der Waals surface area contributed by atoms with Crippen LogP contribution >= 0.6 is 0 Å². The Bertz CT molecular complexity index is 244. The lowest BCUT2D eigenvalue weighted by atomic mass is 10.2. The Balaban J connectivity index is 2.58. The van der Waals surface area contributed by atoms with Gasteiger partial charge in [0.15, 0.2) is 0 Å². The average molecular weight is 194 g/mol. The second kappa shape index (κ2) is 4.58. The zero-order chi connectivity index (χ0) is 9.73. The molecule has 1 rings (SSSR count). The molecule has 72 valence electrons. The third-order valence-corrected chi connectivity index (χ3v) is 5.26. The van der Waals surface area contributed by atoms with E-state index in [9.17, 15) is 0 Å². The fourth-order valence-corrected chi connectivity index (χ4v) is 3.66. The lowest BCUT2D eigenvalue weighted by Gasteiger charge is -2.20. The predicted octanol–water partition coefficient (Wildman–Crippen LogP) is 2.47. The fraction of sp³-hybridized carbons (Fsp3) is 0.455. The zero-order valence-corrected chi connectivity index (χ0v) is 9.46. The molecule has 2 heteroatoms. The molecule has 1 N–H and O–H groups in total. The van der Waals surface area contributed by atoms with Crippen molar-refractivity contribution in [3.63, 3.8) is 0 Å². The summed E-state index contributed by atoms with van der Waals surface area (Å²) >= 11 is 0. The highest BCUT2D eigenvalue weighted by Gasteiger charge is 2.19. The second-order valence-corrected chi connectivity index (χ2v) is 9.48. The molecule has 0 unspecified atom stereocenters. The quantitative estimate of drug-likeness (QED) is 0.730. The van der Waals surface area contributed by atoms with E-state index in [1.807, 2.05) is 6.07 Å². The molecular weight excluding hydrogens is 176 g/mol. The second-order valence-electron chi connectivity index (χ2n) is 4.30. The van der Waals surface area contributed by atoms with Gasteiger partial charge in [0.1, 0.15) is 0 Å². The van der Waals surface area contributed by atoms with E-state index in [-0.39, 0.29) is 0 Å². The van der Waals surface area contributed by atoms with Crippen molar-refractivity contribution < 1.29 is 5.11 Å². The fourth-order valence-electron chi connectivity index (χ4n) is 1.54. The van der Waals surface area contributed by atoms with E-state index in [0.717, 1.165) is 6.04 Å². The molecule has 0 amide bonds. The first kappa shape index (κ1) is 10.5. The highest BCUT2D eigenvalue weighted by atomic mass is 28.3. The van der Waals surface area contributed by atoms with E-state index in [1.54, 1.807) is 0 Å². The summed E-state index contributed by atoms with van der Waals surface area (Å²) in [5.41, 5.74) is 1.41. The summed E-state index contributed by atoms with van der Waals surface area (Å²) in [5, 5.41) is 8.91. The van der Waals surface area contributed by atoms with E-state index >= 15 is 0 Å². The van der Waals surface area contributed by atoms with Gasteiger partial charge in [-0.15, -0.1) is 0 Å². The van der Waals surface area contributed by atoms with Crippen LogP contribution in [-0.4, -0.2) is 19.8 Å². The highest BCUT2D eigenvalue weighted by Crippen LogP contribution is 2.15. The summed E-state index contributed by atoms with van der Waals surface area (Å²) in [6.07, 6.45) is 0. The van der Waals surface area contributed by atoms with E-state index < -0.39 is 8.07 Å². The lowest BCUT2D eigenvalue weighted by molar-refractivity contribution is 0.316. The van der Waals surface area contributed by atoms with Gasteiger partial charge < -0.3 is 5.11 Å². The van der Waals surface area contributed by atoms with Crippen LogP contribution < -0.4 is 0 Å². The first-order chi connectivity index (χ1) is 6.14. The summed E-state index contributed by atoms with van der Waals surface area (Å²) in [5.74, 6) is 0. The number of aliphatic hydroxyl groups excluding tert-OH is 1. The Hall–Kier alpha value is -0.603. The molecule has 0 saturated heterocycles. The Morgan fingerprint density at radius 2 is 1.77 bits per heavy atom. The third-order valence-electron chi connectivity index (χ3n) is 2.31. The number of hydrogen-bond donors (Lipinski definition) is 1. The van der Waals surface area contributed by atoms with Crippen LogP contribution in [0.2, 0.25) is 19.1 Å². The first-order valence-electron chi connectivity index (χ1n) is 4.79. The smallest absolute Gasteiger partial charge is 0.0540 e. The van der Waals surface area contributed by atoms with Crippen LogP contribution in [0.4, 0.5) is 0 Å². The van der Waals surface area contributed by atoms with Crippen molar-refractivity contribution in [3.8, 4) is 0 Å². The van der Waals surface area contributed by atoms with Gasteiger partial charge in [0, 0.05) is 6.61 Å². The molecule has 0 aliphatic rings. The van der Waals surface area contributed by atoms with E-state index in [4.69, 9.17) is 5.11 Å². The van der Waals surface area contributed by atoms with Gasteiger partial charge in [0.25, 0.3) is 0 Å². The number of hydrogen-bond acceptors (Lipinski definition) is 1. The van der Waals surface area contributed by atoms with Crippen molar-refractivity contribution in [3.05, 3.63) is 35.9 Å². The maximum atomic E-state index is 8.91. The first-order valence-corrected chi connectivity index (χ1v) is 8.20. The SMILES string of the molecule is C[Si](C)(CCO)Cc1ccccc1. The molecule has 0 spiro atoms. The lowest BCUT2D eigenvalue weighted by Crippen LogP contribution is -2.30. The normalized spacial score (nSPS) is 11.6. The maximum absolute atomic E-state index is 8.91. The minimum absolute atomic E-state index is 0.339. The predicted molar refractivity (Wildman–Crippen MR) is 59.5 cm³/mol. The summed E-state index contributed by atoms with van der Waals surface area (Å²) in [6.45, 7) is 5.00. The number of benzene rings is 1. The molecule has 0 aromatic heterocycles. The van der Waals surface area contributed by atoms with Gasteiger partial charge in [-0.25, -0.2) is 0 Å². The number of rotatable bonds is 4. The standard InChI is InChI=1S/C11H18OSi/c1-13(2,9-8-12)10-11-6-4-3-5-7-11/h3-7,12H,8-10H2,1-2H3. The van der Waals surface area contributed by atoms with Crippen LogP contribution in [0.15, 0.2) is 30.3 Å². The minimum atomic E-state index is -1.19. The highest BCUT2D eigenvalue weighted by molar-refractivity contribution is 6.76. The van der Waals surface area contributed by atoms with Crippen LogP contribution in [0.3, 0.4) is 0 Å². The molecule has 1 aromatic rings. The Morgan fingerprint density at radius 3 is 2.31 bits per heavy atom. The van der Waals surface area contributed by atoms with E-state index in [0.29, 0.717) is 6.61 Å². The molecule has 0 radical (unpaired) electrons. The van der Waals surface area contributed by atoms with Gasteiger partial charge in [-0.3, -0.25) is 0 Å². The molecule has 0 bridgehead atoms. The van der Waals surface area contributed by atoms with Crippen LogP contribution in [0, 0.1) is 0 Å². The van der Waals surface area contributed by atoms with Gasteiger partial charge in [-0.05, 0) is 12.1 Å². The topological polar surface area (TPSA) is 20.2 Å². The van der Waals surface area contributed by atoms with Gasteiger partial charge in [0.05, 0.1) is 8.07 Å². The molecule has 1 aromatic carbocycles. The molecule has 0 aliphatic heterocycles. The van der Waals surface area contributed by atoms with Crippen molar-refractivity contribution in [2.75, 3.05) is 6.61 Å². The average Bonchev–Trinajstić information content (AvgIpc) is 2.04. The van der Waals surface area contributed by atoms with Gasteiger partial charge in [0.2, 0.25) is 0 Å². The van der Waals surface area contributed by atoms with Crippen molar-refractivity contribution in [1.82, 2.24) is 0 Å². The molecule has 0 fully saturated rings. The maximum Gasteiger partial charge on any atom is 0.0540 e. The van der Waals surface area contributed by atoms with Gasteiger partial charge >= 0.3 is 0 Å². The largest absolute Gasteiger partial charge is 0.397 e. The summed E-state index contributed by atoms with van der Waals surface area (Å²) in [7, 11) is -1.19. The molecule has 13 heavy (non-hydrogen) atoms. The third kappa shape index (κ3) is 3.74.